The summed E-state index contributed by atoms with van der Waals surface area (Å²) >= 11 is 3.38. The number of unbranched alkanes of at least 4 members (excludes halogenated alkanes) is 4. The van der Waals surface area contributed by atoms with Crippen LogP contribution >= 0.6 is 23.7 Å². The number of hydrogen-bond acceptors (Lipinski definition) is 12. The number of nitrogens with one attached hydrogen (secondary N) is 1. The highest BCUT2D eigenvalue weighted by molar-refractivity contribution is 9.10. The van der Waals surface area contributed by atoms with Crippen LogP contribution in [-0.4, -0.2) is 64.4 Å². The summed E-state index contributed by atoms with van der Waals surface area (Å²) in [6.45, 7) is 4.55. The number of nitrogens with two attached hydrogens (primary N) is 1. The number of ether oxygens (including phenoxy) is 3. The van der Waals surface area contributed by atoms with Gasteiger partial charge in [-0.1, -0.05) is 55.5 Å². The van der Waals surface area contributed by atoms with Crippen molar-refractivity contribution < 1.29 is 37.4 Å². The SMILES string of the molecule is CCCCCOC(=O)C[C@H](NP(=O)(OC[C@H]1C[C@@H](n2cnc3c(OC)nc(N)nc32)C1)Oc1ccc(Br)cc1)C(=O)OCCCCC. The van der Waals surface area contributed by atoms with E-state index >= 15 is 0 Å². The quantitative estimate of drug-likeness (QED) is 0.0767. The monoisotopic (exact) mass is 738 g/mol. The molecule has 2 atom stereocenters. The van der Waals surface area contributed by atoms with Gasteiger partial charge in [-0.3, -0.25) is 14.1 Å². The largest absolute Gasteiger partial charge is 0.479 e. The molecule has 14 nitrogen and oxygen atoms in total. The van der Waals surface area contributed by atoms with Gasteiger partial charge in [0, 0.05) is 10.5 Å². The van der Waals surface area contributed by atoms with Crippen LogP contribution in [0.25, 0.3) is 11.2 Å². The van der Waals surface area contributed by atoms with Crippen molar-refractivity contribution in [3.8, 4) is 11.6 Å². The maximum atomic E-state index is 14.3. The molecular weight excluding hydrogens is 695 g/mol. The lowest BCUT2D eigenvalue weighted by Gasteiger charge is -2.36. The van der Waals surface area contributed by atoms with E-state index in [9.17, 15) is 14.2 Å². The molecule has 0 radical (unpaired) electrons. The van der Waals surface area contributed by atoms with E-state index in [4.69, 9.17) is 29.0 Å². The molecule has 4 rings (SSSR count). The molecule has 0 saturated heterocycles. The number of esters is 2. The average molecular weight is 740 g/mol. The van der Waals surface area contributed by atoms with Crippen molar-refractivity contribution in [2.45, 2.75) is 83.7 Å². The first-order chi connectivity index (χ1) is 22.6. The molecule has 1 unspecified atom stereocenters. The molecule has 1 aliphatic rings. The van der Waals surface area contributed by atoms with Gasteiger partial charge in [-0.15, -0.1) is 0 Å². The highest BCUT2D eigenvalue weighted by atomic mass is 79.9. The lowest BCUT2D eigenvalue weighted by atomic mass is 9.81. The standard InChI is InChI=1S/C31H44BrN6O8P/c1-4-6-8-14-43-26(39)18-25(30(40)44-15-9-7-5-2)37-47(41,46-24-12-10-22(32)11-13-24)45-19-21-16-23(17-21)38-20-34-27-28(38)35-31(33)36-29(27)42-3/h10-13,20-21,23,25H,4-9,14-19H2,1-3H3,(H,37,41)(H2,33,35,36)/t21-,23+,25-,47?/m0/s1. The number of nitrogen functional groups attached to an aromatic ring is 1. The van der Waals surface area contributed by atoms with Gasteiger partial charge in [0.2, 0.25) is 11.8 Å². The number of rotatable bonds is 20. The normalized spacial score (nSPS) is 17.8. The van der Waals surface area contributed by atoms with E-state index in [2.05, 4.69) is 36.0 Å². The zero-order valence-corrected chi connectivity index (χ0v) is 29.5. The minimum absolute atomic E-state index is 0.00477. The van der Waals surface area contributed by atoms with Gasteiger partial charge in [0.15, 0.2) is 11.2 Å². The molecule has 47 heavy (non-hydrogen) atoms. The van der Waals surface area contributed by atoms with Crippen LogP contribution in [0.2, 0.25) is 0 Å². The zero-order chi connectivity index (χ0) is 33.8. The van der Waals surface area contributed by atoms with Gasteiger partial charge in [-0.05, 0) is 55.9 Å². The Hall–Kier alpha value is -3.26. The molecule has 1 saturated carbocycles. The number of carbonyl (C=O) groups excluding carboxylic acids is 2. The Balaban J connectivity index is 1.46. The number of benzene rings is 1. The number of anilines is 1. The minimum Gasteiger partial charge on any atom is -0.479 e. The molecule has 0 amide bonds. The summed E-state index contributed by atoms with van der Waals surface area (Å²) in [6, 6.07) is 5.41. The summed E-state index contributed by atoms with van der Waals surface area (Å²) in [7, 11) is -2.73. The number of aromatic nitrogens is 4. The van der Waals surface area contributed by atoms with Crippen LogP contribution in [0.15, 0.2) is 35.1 Å². The van der Waals surface area contributed by atoms with Gasteiger partial charge < -0.3 is 29.0 Å². The summed E-state index contributed by atoms with van der Waals surface area (Å²) < 4.78 is 44.9. The van der Waals surface area contributed by atoms with Crippen molar-refractivity contribution >= 4 is 52.7 Å². The smallest absolute Gasteiger partial charge is 0.459 e. The van der Waals surface area contributed by atoms with Crippen LogP contribution in [-0.2, 0) is 28.2 Å². The number of hydrogen-bond donors (Lipinski definition) is 2. The molecule has 1 aliphatic carbocycles. The number of fused-ring (bicyclic) bond motifs is 1. The fraction of sp³-hybridized carbons (Fsp3) is 0.581. The second-order valence-corrected chi connectivity index (χ2v) is 14.0. The third kappa shape index (κ3) is 10.6. The number of imidazole rings is 1. The molecule has 1 fully saturated rings. The van der Waals surface area contributed by atoms with Gasteiger partial charge >= 0.3 is 19.7 Å². The van der Waals surface area contributed by atoms with E-state index in [0.717, 1.165) is 30.2 Å². The van der Waals surface area contributed by atoms with E-state index in [1.165, 1.54) is 7.11 Å². The Morgan fingerprint density at radius 1 is 1.06 bits per heavy atom. The molecule has 258 valence electrons. The summed E-state index contributed by atoms with van der Waals surface area (Å²) in [5, 5.41) is 2.72. The predicted octanol–water partition coefficient (Wildman–Crippen LogP) is 6.15. The highest BCUT2D eigenvalue weighted by Crippen LogP contribution is 2.48. The molecule has 0 spiro atoms. The van der Waals surface area contributed by atoms with Gasteiger partial charge in [0.05, 0.1) is 39.7 Å². The summed E-state index contributed by atoms with van der Waals surface area (Å²) in [6.07, 6.45) is 7.69. The summed E-state index contributed by atoms with van der Waals surface area (Å²) in [5.41, 5.74) is 6.94. The molecule has 3 aromatic rings. The Bertz CT molecular complexity index is 1520. The maximum absolute atomic E-state index is 14.3. The second kappa shape index (κ2) is 17.8. The molecule has 3 N–H and O–H groups in total. The number of halogens is 1. The first kappa shape index (κ1) is 36.6. The number of methoxy groups -OCH3 is 1. The van der Waals surface area contributed by atoms with Crippen LogP contribution in [0.5, 0.6) is 11.6 Å². The van der Waals surface area contributed by atoms with Crippen molar-refractivity contribution in [3.05, 3.63) is 35.1 Å². The van der Waals surface area contributed by atoms with Crippen molar-refractivity contribution in [1.29, 1.82) is 0 Å². The first-order valence-corrected chi connectivity index (χ1v) is 18.3. The molecule has 0 aliphatic heterocycles. The van der Waals surface area contributed by atoms with Crippen LogP contribution < -0.4 is 20.1 Å². The molecule has 16 heteroatoms. The first-order valence-electron chi connectivity index (χ1n) is 16.0. The molecule has 1 aromatic carbocycles. The van der Waals surface area contributed by atoms with Gasteiger partial charge in [0.25, 0.3) is 0 Å². The summed E-state index contributed by atoms with van der Waals surface area (Å²) in [5.74, 6) is -0.715. The topological polar surface area (TPSA) is 179 Å². The van der Waals surface area contributed by atoms with E-state index in [1.807, 2.05) is 18.4 Å². The lowest BCUT2D eigenvalue weighted by molar-refractivity contribution is -0.152. The van der Waals surface area contributed by atoms with Gasteiger partial charge in [-0.2, -0.15) is 15.1 Å². The maximum Gasteiger partial charge on any atom is 0.459 e. The van der Waals surface area contributed by atoms with E-state index in [0.29, 0.717) is 42.7 Å². The van der Waals surface area contributed by atoms with Crippen LogP contribution in [0, 0.1) is 5.92 Å². The van der Waals surface area contributed by atoms with Crippen LogP contribution in [0.4, 0.5) is 5.95 Å². The van der Waals surface area contributed by atoms with Gasteiger partial charge in [-0.25, -0.2) is 9.55 Å². The van der Waals surface area contributed by atoms with Crippen molar-refractivity contribution in [2.75, 3.05) is 32.7 Å². The van der Waals surface area contributed by atoms with E-state index in [-0.39, 0.29) is 43.5 Å². The van der Waals surface area contributed by atoms with Crippen LogP contribution in [0.3, 0.4) is 0 Å². The van der Waals surface area contributed by atoms with Crippen molar-refractivity contribution in [1.82, 2.24) is 24.6 Å². The third-order valence-corrected chi connectivity index (χ3v) is 9.79. The number of carbonyl (C=O) groups is 2. The van der Waals surface area contributed by atoms with Crippen LogP contribution in [0.1, 0.15) is 77.7 Å². The van der Waals surface area contributed by atoms with E-state index in [1.54, 1.807) is 30.6 Å². The fourth-order valence-corrected chi connectivity index (χ4v) is 6.90. The van der Waals surface area contributed by atoms with Crippen molar-refractivity contribution in [3.63, 3.8) is 0 Å². The Kier molecular flexibility index (Phi) is 13.8. The molecule has 2 aromatic heterocycles. The van der Waals surface area contributed by atoms with Gasteiger partial charge in [0.1, 0.15) is 11.8 Å². The average Bonchev–Trinajstić information content (AvgIpc) is 3.44. The Morgan fingerprint density at radius 2 is 1.74 bits per heavy atom. The third-order valence-electron chi connectivity index (χ3n) is 7.70. The summed E-state index contributed by atoms with van der Waals surface area (Å²) in [4.78, 5) is 38.7. The Labute approximate surface area is 283 Å². The van der Waals surface area contributed by atoms with E-state index < -0.39 is 32.1 Å². The zero-order valence-electron chi connectivity index (χ0n) is 27.1. The Morgan fingerprint density at radius 3 is 2.40 bits per heavy atom. The second-order valence-electron chi connectivity index (χ2n) is 11.4. The molecule has 0 bridgehead atoms. The predicted molar refractivity (Wildman–Crippen MR) is 179 cm³/mol. The fourth-order valence-electron chi connectivity index (χ4n) is 5.07. The molecule has 2 heterocycles. The molecular formula is C31H44BrN6O8P. The lowest BCUT2D eigenvalue weighted by Crippen LogP contribution is -2.40. The highest BCUT2D eigenvalue weighted by Gasteiger charge is 2.39. The minimum atomic E-state index is -4.22. The van der Waals surface area contributed by atoms with Crippen molar-refractivity contribution in [2.24, 2.45) is 5.92 Å². The number of nitrogens with zero attached hydrogens (tertiary/aromatic N) is 4.